The highest BCUT2D eigenvalue weighted by Gasteiger charge is 2.11. The lowest BCUT2D eigenvalue weighted by atomic mass is 10.2. The molecule has 11 heavy (non-hydrogen) atoms. The second-order valence-electron chi connectivity index (χ2n) is 2.71. The van der Waals surface area contributed by atoms with Crippen molar-refractivity contribution in [3.63, 3.8) is 0 Å². The van der Waals surface area contributed by atoms with Crippen molar-refractivity contribution < 1.29 is 0 Å². The number of amidine groups is 1. The fourth-order valence-corrected chi connectivity index (χ4v) is 1.81. The highest BCUT2D eigenvalue weighted by Crippen LogP contribution is 2.07. The Labute approximate surface area is 73.9 Å². The van der Waals surface area contributed by atoms with Gasteiger partial charge in [-0.2, -0.15) is 11.8 Å². The van der Waals surface area contributed by atoms with E-state index < -0.39 is 0 Å². The molecule has 0 saturated heterocycles. The van der Waals surface area contributed by atoms with Crippen molar-refractivity contribution in [2.24, 2.45) is 0 Å². The summed E-state index contributed by atoms with van der Waals surface area (Å²) in [6, 6.07) is 0.530. The van der Waals surface area contributed by atoms with Gasteiger partial charge in [0.25, 0.3) is 0 Å². The van der Waals surface area contributed by atoms with Gasteiger partial charge >= 0.3 is 0 Å². The molecule has 2 nitrogen and oxygen atoms in total. The van der Waals surface area contributed by atoms with E-state index in [1.807, 2.05) is 30.6 Å². The molecule has 1 atom stereocenters. The highest BCUT2D eigenvalue weighted by atomic mass is 32.2. The SMILES string of the molecule is CCC(CSC)N(C)C(C)=N. The van der Waals surface area contributed by atoms with Gasteiger partial charge in [0.15, 0.2) is 0 Å². The Balaban J connectivity index is 3.91. The molecule has 0 bridgehead atoms. The van der Waals surface area contributed by atoms with E-state index in [0.717, 1.165) is 12.2 Å². The fraction of sp³-hybridized carbons (Fsp3) is 0.875. The van der Waals surface area contributed by atoms with Crippen molar-refractivity contribution in [2.45, 2.75) is 26.3 Å². The molecule has 0 aliphatic carbocycles. The zero-order chi connectivity index (χ0) is 8.85. The number of hydrogen-bond acceptors (Lipinski definition) is 2. The summed E-state index contributed by atoms with van der Waals surface area (Å²) in [5.41, 5.74) is 0. The molecular weight excluding hydrogens is 156 g/mol. The third-order valence-electron chi connectivity index (χ3n) is 1.91. The summed E-state index contributed by atoms with van der Waals surface area (Å²) in [5.74, 6) is 1.77. The Morgan fingerprint density at radius 1 is 1.64 bits per heavy atom. The highest BCUT2D eigenvalue weighted by molar-refractivity contribution is 7.98. The topological polar surface area (TPSA) is 27.1 Å². The quantitative estimate of drug-likeness (QED) is 0.522. The molecule has 0 aromatic heterocycles. The zero-order valence-corrected chi connectivity index (χ0v) is 8.66. The number of rotatable bonds is 4. The Hall–Kier alpha value is -0.180. The molecule has 0 fully saturated rings. The Morgan fingerprint density at radius 2 is 2.18 bits per heavy atom. The lowest BCUT2D eigenvalue weighted by Crippen LogP contribution is -2.36. The van der Waals surface area contributed by atoms with Crippen LogP contribution in [0.1, 0.15) is 20.3 Å². The maximum absolute atomic E-state index is 7.43. The van der Waals surface area contributed by atoms with Gasteiger partial charge in [-0.25, -0.2) is 0 Å². The third-order valence-corrected chi connectivity index (χ3v) is 2.63. The van der Waals surface area contributed by atoms with Crippen molar-refractivity contribution in [1.29, 1.82) is 5.41 Å². The molecule has 0 aromatic carbocycles. The van der Waals surface area contributed by atoms with E-state index >= 15 is 0 Å². The molecule has 0 radical (unpaired) electrons. The van der Waals surface area contributed by atoms with Crippen LogP contribution in [0.2, 0.25) is 0 Å². The summed E-state index contributed by atoms with van der Waals surface area (Å²) in [7, 11) is 1.99. The minimum absolute atomic E-state index is 0.530. The minimum Gasteiger partial charge on any atom is -0.360 e. The summed E-state index contributed by atoms with van der Waals surface area (Å²) < 4.78 is 0. The van der Waals surface area contributed by atoms with E-state index in [9.17, 15) is 0 Å². The normalized spacial score (nSPS) is 12.7. The molecule has 0 aliphatic heterocycles. The molecule has 0 aromatic rings. The summed E-state index contributed by atoms with van der Waals surface area (Å²) in [6.45, 7) is 4.00. The van der Waals surface area contributed by atoms with E-state index in [1.165, 1.54) is 0 Å². The number of nitrogens with zero attached hydrogens (tertiary/aromatic N) is 1. The van der Waals surface area contributed by atoms with Gasteiger partial charge in [0.05, 0.1) is 5.84 Å². The van der Waals surface area contributed by atoms with Gasteiger partial charge in [0.1, 0.15) is 0 Å². The van der Waals surface area contributed by atoms with Crippen LogP contribution >= 0.6 is 11.8 Å². The predicted octanol–water partition coefficient (Wildman–Crippen LogP) is 2.06. The van der Waals surface area contributed by atoms with Gasteiger partial charge in [-0.1, -0.05) is 6.92 Å². The van der Waals surface area contributed by atoms with Crippen LogP contribution in [0, 0.1) is 5.41 Å². The summed E-state index contributed by atoms with van der Waals surface area (Å²) in [5, 5.41) is 7.43. The number of nitrogens with one attached hydrogen (secondary N) is 1. The molecule has 0 spiro atoms. The molecule has 0 aliphatic rings. The third kappa shape index (κ3) is 3.65. The predicted molar refractivity (Wildman–Crippen MR) is 53.6 cm³/mol. The van der Waals surface area contributed by atoms with Crippen LogP contribution in [0.15, 0.2) is 0 Å². The van der Waals surface area contributed by atoms with Crippen molar-refractivity contribution in [1.82, 2.24) is 4.90 Å². The van der Waals surface area contributed by atoms with Crippen LogP contribution in [-0.2, 0) is 0 Å². The lowest BCUT2D eigenvalue weighted by molar-refractivity contribution is 0.382. The van der Waals surface area contributed by atoms with Gasteiger partial charge in [-0.15, -0.1) is 0 Å². The fourth-order valence-electron chi connectivity index (χ4n) is 0.970. The van der Waals surface area contributed by atoms with Crippen molar-refractivity contribution in [3.8, 4) is 0 Å². The standard InChI is InChI=1S/C8H18N2S/c1-5-8(6-11-4)10(3)7(2)9/h8-9H,5-6H2,1-4H3. The molecule has 1 N–H and O–H groups in total. The molecule has 0 saturated carbocycles. The van der Waals surface area contributed by atoms with Crippen molar-refractivity contribution in [3.05, 3.63) is 0 Å². The lowest BCUT2D eigenvalue weighted by Gasteiger charge is -2.27. The van der Waals surface area contributed by atoms with Gasteiger partial charge in [0, 0.05) is 18.8 Å². The average molecular weight is 174 g/mol. The average Bonchev–Trinajstić information content (AvgIpc) is 1.98. The number of hydrogen-bond donors (Lipinski definition) is 1. The second kappa shape index (κ2) is 5.47. The second-order valence-corrected chi connectivity index (χ2v) is 3.62. The monoisotopic (exact) mass is 174 g/mol. The Bertz CT molecular complexity index is 125. The van der Waals surface area contributed by atoms with Crippen LogP contribution in [0.4, 0.5) is 0 Å². The van der Waals surface area contributed by atoms with Gasteiger partial charge in [0.2, 0.25) is 0 Å². The maximum atomic E-state index is 7.43. The van der Waals surface area contributed by atoms with E-state index in [4.69, 9.17) is 5.41 Å². The van der Waals surface area contributed by atoms with Crippen LogP contribution in [0.5, 0.6) is 0 Å². The van der Waals surface area contributed by atoms with E-state index in [2.05, 4.69) is 13.2 Å². The summed E-state index contributed by atoms with van der Waals surface area (Å²) in [4.78, 5) is 2.04. The first-order valence-electron chi connectivity index (χ1n) is 3.90. The van der Waals surface area contributed by atoms with E-state index in [0.29, 0.717) is 11.9 Å². The molecule has 1 unspecified atom stereocenters. The van der Waals surface area contributed by atoms with Crippen LogP contribution in [0.3, 0.4) is 0 Å². The molecule has 0 rings (SSSR count). The van der Waals surface area contributed by atoms with E-state index in [-0.39, 0.29) is 0 Å². The molecule has 66 valence electrons. The van der Waals surface area contributed by atoms with Crippen LogP contribution < -0.4 is 0 Å². The Kier molecular flexibility index (Phi) is 5.38. The first-order chi connectivity index (χ1) is 5.13. The van der Waals surface area contributed by atoms with Crippen molar-refractivity contribution in [2.75, 3.05) is 19.1 Å². The summed E-state index contributed by atoms with van der Waals surface area (Å²) in [6.07, 6.45) is 3.23. The van der Waals surface area contributed by atoms with Crippen molar-refractivity contribution >= 4 is 17.6 Å². The minimum atomic E-state index is 0.530. The van der Waals surface area contributed by atoms with Gasteiger partial charge in [-0.3, -0.25) is 5.41 Å². The first kappa shape index (κ1) is 10.8. The molecule has 0 heterocycles. The smallest absolute Gasteiger partial charge is 0.0926 e. The first-order valence-corrected chi connectivity index (χ1v) is 5.29. The molecule has 0 amide bonds. The van der Waals surface area contributed by atoms with Crippen LogP contribution in [-0.4, -0.2) is 35.8 Å². The number of thioether (sulfide) groups is 1. The van der Waals surface area contributed by atoms with Gasteiger partial charge < -0.3 is 4.90 Å². The van der Waals surface area contributed by atoms with Gasteiger partial charge in [-0.05, 0) is 19.6 Å². The van der Waals surface area contributed by atoms with E-state index in [1.54, 1.807) is 0 Å². The molecular formula is C8H18N2S. The van der Waals surface area contributed by atoms with Crippen LogP contribution in [0.25, 0.3) is 0 Å². The largest absolute Gasteiger partial charge is 0.360 e. The zero-order valence-electron chi connectivity index (χ0n) is 7.85. The maximum Gasteiger partial charge on any atom is 0.0926 e. The molecule has 3 heteroatoms. The Morgan fingerprint density at radius 3 is 2.45 bits per heavy atom. The summed E-state index contributed by atoms with van der Waals surface area (Å²) >= 11 is 1.84.